The first-order valence-electron chi connectivity index (χ1n) is 8.98. The molecule has 0 spiro atoms. The zero-order valence-corrected chi connectivity index (χ0v) is 15.8. The number of hydrogen-bond donors (Lipinski definition) is 0. The molecule has 3 aromatic heterocycles. The average molecular weight is 349 g/mol. The minimum absolute atomic E-state index is 0.835. The van der Waals surface area contributed by atoms with E-state index < -0.39 is 0 Å². The molecule has 5 heteroatoms. The lowest BCUT2D eigenvalue weighted by molar-refractivity contribution is 0.220. The van der Waals surface area contributed by atoms with Crippen molar-refractivity contribution in [3.8, 4) is 5.82 Å². The van der Waals surface area contributed by atoms with Gasteiger partial charge in [-0.25, -0.2) is 4.98 Å². The quantitative estimate of drug-likeness (QED) is 0.626. The molecule has 0 saturated carbocycles. The zero-order chi connectivity index (χ0) is 18.4. The second-order valence-corrected chi connectivity index (χ2v) is 6.90. The highest BCUT2D eigenvalue weighted by molar-refractivity contribution is 5.29. The van der Waals surface area contributed by atoms with E-state index >= 15 is 0 Å². The van der Waals surface area contributed by atoms with Crippen molar-refractivity contribution in [2.45, 2.75) is 20.0 Å². The van der Waals surface area contributed by atoms with E-state index in [0.29, 0.717) is 0 Å². The summed E-state index contributed by atoms with van der Waals surface area (Å²) in [6.45, 7) is 5.74. The van der Waals surface area contributed by atoms with E-state index in [4.69, 9.17) is 0 Å². The zero-order valence-electron chi connectivity index (χ0n) is 15.8. The van der Waals surface area contributed by atoms with E-state index in [2.05, 4.69) is 81.9 Å². The molecule has 0 unspecified atom stereocenters. The molecule has 3 aromatic rings. The van der Waals surface area contributed by atoms with Crippen molar-refractivity contribution in [1.82, 2.24) is 24.3 Å². The second kappa shape index (κ2) is 8.74. The Kier molecular flexibility index (Phi) is 6.15. The van der Waals surface area contributed by atoms with Gasteiger partial charge in [-0.2, -0.15) is 0 Å². The highest BCUT2D eigenvalue weighted by Gasteiger charge is 2.12. The topological polar surface area (TPSA) is 37.2 Å². The number of nitrogens with zero attached hydrogens (tertiary/aromatic N) is 5. The van der Waals surface area contributed by atoms with Crippen LogP contribution in [-0.4, -0.2) is 51.5 Å². The van der Waals surface area contributed by atoms with Crippen molar-refractivity contribution in [3.05, 3.63) is 78.0 Å². The number of likely N-dealkylation sites (N-methyl/N-ethyl adjacent to an activating group) is 1. The van der Waals surface area contributed by atoms with Gasteiger partial charge < -0.3 is 9.47 Å². The van der Waals surface area contributed by atoms with Crippen LogP contribution in [0.2, 0.25) is 0 Å². The Balaban J connectivity index is 1.78. The van der Waals surface area contributed by atoms with Crippen LogP contribution in [0.5, 0.6) is 0 Å². The molecule has 5 nitrogen and oxygen atoms in total. The molecule has 0 radical (unpaired) electrons. The molecule has 136 valence electrons. The maximum absolute atomic E-state index is 4.57. The molecule has 0 bridgehead atoms. The van der Waals surface area contributed by atoms with E-state index in [9.17, 15) is 0 Å². The fourth-order valence-electron chi connectivity index (χ4n) is 2.88. The van der Waals surface area contributed by atoms with Gasteiger partial charge in [0.2, 0.25) is 0 Å². The molecular formula is C21H27N5. The fourth-order valence-corrected chi connectivity index (χ4v) is 2.88. The standard InChI is InChI=1S/C21H27N5/c1-18-9-10-21(23-15-18)26-12-6-8-20(26)17-25(14-13-24(2)3)16-19-7-4-5-11-22-19/h4-12,15H,13-14,16-17H2,1-3H3. The predicted octanol–water partition coefficient (Wildman–Crippen LogP) is 3.14. The van der Waals surface area contributed by atoms with Gasteiger partial charge in [0.05, 0.1) is 5.69 Å². The number of hydrogen-bond acceptors (Lipinski definition) is 4. The Morgan fingerprint density at radius 1 is 0.923 bits per heavy atom. The van der Waals surface area contributed by atoms with Gasteiger partial charge in [-0.15, -0.1) is 0 Å². The molecule has 0 aromatic carbocycles. The third-order valence-electron chi connectivity index (χ3n) is 4.34. The minimum atomic E-state index is 0.835. The third kappa shape index (κ3) is 5.00. The maximum Gasteiger partial charge on any atom is 0.136 e. The SMILES string of the molecule is Cc1ccc(-n2cccc2CN(CCN(C)C)Cc2ccccn2)nc1. The molecule has 3 rings (SSSR count). The second-order valence-electron chi connectivity index (χ2n) is 6.90. The highest BCUT2D eigenvalue weighted by Crippen LogP contribution is 2.14. The summed E-state index contributed by atoms with van der Waals surface area (Å²) in [6, 6.07) is 14.5. The Labute approximate surface area is 155 Å². The number of aryl methyl sites for hydroxylation is 1. The van der Waals surface area contributed by atoms with Gasteiger partial charge in [-0.1, -0.05) is 12.1 Å². The first kappa shape index (κ1) is 18.3. The van der Waals surface area contributed by atoms with Crippen LogP contribution < -0.4 is 0 Å². The fraction of sp³-hybridized carbons (Fsp3) is 0.333. The number of aromatic nitrogens is 3. The van der Waals surface area contributed by atoms with Crippen LogP contribution >= 0.6 is 0 Å². The highest BCUT2D eigenvalue weighted by atomic mass is 15.2. The molecule has 0 atom stereocenters. The van der Waals surface area contributed by atoms with Crippen molar-refractivity contribution in [3.63, 3.8) is 0 Å². The van der Waals surface area contributed by atoms with E-state index in [0.717, 1.165) is 37.7 Å². The van der Waals surface area contributed by atoms with Crippen molar-refractivity contribution in [2.75, 3.05) is 27.2 Å². The van der Waals surface area contributed by atoms with E-state index in [-0.39, 0.29) is 0 Å². The Hall–Kier alpha value is -2.50. The number of pyridine rings is 2. The maximum atomic E-state index is 4.57. The van der Waals surface area contributed by atoms with E-state index in [1.165, 1.54) is 11.3 Å². The van der Waals surface area contributed by atoms with E-state index in [1.54, 1.807) is 0 Å². The molecule has 0 fully saturated rings. The molecule has 0 aliphatic rings. The first-order valence-corrected chi connectivity index (χ1v) is 8.98. The minimum Gasteiger partial charge on any atom is -0.308 e. The van der Waals surface area contributed by atoms with Gasteiger partial charge in [-0.05, 0) is 56.9 Å². The lowest BCUT2D eigenvalue weighted by atomic mass is 10.3. The molecular weight excluding hydrogens is 322 g/mol. The van der Waals surface area contributed by atoms with Crippen molar-refractivity contribution >= 4 is 0 Å². The van der Waals surface area contributed by atoms with Crippen LogP contribution in [0, 0.1) is 6.92 Å². The van der Waals surface area contributed by atoms with Crippen LogP contribution in [0.4, 0.5) is 0 Å². The summed E-state index contributed by atoms with van der Waals surface area (Å²) in [6.07, 6.45) is 5.85. The predicted molar refractivity (Wildman–Crippen MR) is 105 cm³/mol. The monoisotopic (exact) mass is 349 g/mol. The summed E-state index contributed by atoms with van der Waals surface area (Å²) in [5, 5.41) is 0. The smallest absolute Gasteiger partial charge is 0.136 e. The Bertz CT molecular complexity index is 793. The van der Waals surface area contributed by atoms with Gasteiger partial charge in [-0.3, -0.25) is 9.88 Å². The summed E-state index contributed by atoms with van der Waals surface area (Å²) in [7, 11) is 4.22. The van der Waals surface area contributed by atoms with Crippen LogP contribution in [0.25, 0.3) is 5.82 Å². The van der Waals surface area contributed by atoms with Gasteiger partial charge >= 0.3 is 0 Å². The average Bonchev–Trinajstić information content (AvgIpc) is 3.09. The Morgan fingerprint density at radius 3 is 2.50 bits per heavy atom. The molecule has 0 saturated heterocycles. The lowest BCUT2D eigenvalue weighted by Gasteiger charge is -2.24. The van der Waals surface area contributed by atoms with Crippen molar-refractivity contribution in [1.29, 1.82) is 0 Å². The van der Waals surface area contributed by atoms with Gasteiger partial charge in [0.25, 0.3) is 0 Å². The molecule has 0 aliphatic carbocycles. The molecule has 0 N–H and O–H groups in total. The van der Waals surface area contributed by atoms with Crippen LogP contribution in [0.15, 0.2) is 61.1 Å². The summed E-state index contributed by atoms with van der Waals surface area (Å²) in [5.41, 5.74) is 3.50. The van der Waals surface area contributed by atoms with Gasteiger partial charge in [0, 0.05) is 50.5 Å². The van der Waals surface area contributed by atoms with E-state index in [1.807, 2.05) is 24.5 Å². The van der Waals surface area contributed by atoms with Crippen LogP contribution in [0.1, 0.15) is 17.0 Å². The third-order valence-corrected chi connectivity index (χ3v) is 4.34. The van der Waals surface area contributed by atoms with Gasteiger partial charge in [0.1, 0.15) is 5.82 Å². The van der Waals surface area contributed by atoms with Gasteiger partial charge in [0.15, 0.2) is 0 Å². The van der Waals surface area contributed by atoms with Crippen molar-refractivity contribution < 1.29 is 0 Å². The number of rotatable bonds is 8. The summed E-state index contributed by atoms with van der Waals surface area (Å²) in [5.74, 6) is 0.959. The molecule has 0 amide bonds. The van der Waals surface area contributed by atoms with Crippen LogP contribution in [0.3, 0.4) is 0 Å². The normalized spacial score (nSPS) is 11.4. The summed E-state index contributed by atoms with van der Waals surface area (Å²) < 4.78 is 2.17. The summed E-state index contributed by atoms with van der Waals surface area (Å²) in [4.78, 5) is 13.7. The Morgan fingerprint density at radius 2 is 1.81 bits per heavy atom. The van der Waals surface area contributed by atoms with Crippen molar-refractivity contribution in [2.24, 2.45) is 0 Å². The molecule has 3 heterocycles. The first-order chi connectivity index (χ1) is 12.6. The molecule has 26 heavy (non-hydrogen) atoms. The lowest BCUT2D eigenvalue weighted by Crippen LogP contribution is -2.32. The summed E-state index contributed by atoms with van der Waals surface area (Å²) >= 11 is 0. The largest absolute Gasteiger partial charge is 0.308 e. The van der Waals surface area contributed by atoms with Crippen LogP contribution in [-0.2, 0) is 13.1 Å². The molecule has 0 aliphatic heterocycles.